The quantitative estimate of drug-likeness (QED) is 0.277. The van der Waals surface area contributed by atoms with Crippen LogP contribution in [-0.4, -0.2) is 55.2 Å². The van der Waals surface area contributed by atoms with Crippen LogP contribution in [0.5, 0.6) is 0 Å². The van der Waals surface area contributed by atoms with Gasteiger partial charge in [-0.25, -0.2) is 0 Å². The first-order chi connectivity index (χ1) is 2.91. The molecule has 6 heteroatoms. The van der Waals surface area contributed by atoms with Crippen LogP contribution in [0.15, 0.2) is 0 Å². The van der Waals surface area contributed by atoms with Gasteiger partial charge >= 0.3 is 61.0 Å². The van der Waals surface area contributed by atoms with Crippen LogP contribution < -0.4 is 0 Å². The molecule has 0 aromatic carbocycles. The zero-order chi connectivity index (χ0) is 4.83. The van der Waals surface area contributed by atoms with E-state index in [0.29, 0.717) is 0 Å². The zero-order valence-corrected chi connectivity index (χ0v) is 8.88. The molecule has 0 heterocycles. The molecule has 0 spiro atoms. The summed E-state index contributed by atoms with van der Waals surface area (Å²) in [7, 11) is 0. The molecule has 6 heavy (non-hydrogen) atoms. The van der Waals surface area contributed by atoms with Gasteiger partial charge in [0.1, 0.15) is 0 Å². The average Bonchev–Trinajstić information content (AvgIpc) is 1.61. The van der Waals surface area contributed by atoms with Crippen molar-refractivity contribution in [2.24, 2.45) is 0 Å². The first-order valence-corrected chi connectivity index (χ1v) is 6.30. The van der Waals surface area contributed by atoms with Gasteiger partial charge in [0.05, 0.1) is 0 Å². The third kappa shape index (κ3) is 5.63. The molecule has 0 amide bonds. The van der Waals surface area contributed by atoms with Crippen molar-refractivity contribution in [3.63, 3.8) is 0 Å². The number of rotatable bonds is 3. The third-order valence-electron chi connectivity index (χ3n) is 0.0886. The topological polar surface area (TPSA) is 58.9 Å². The van der Waals surface area contributed by atoms with Crippen LogP contribution in [0.2, 0.25) is 0 Å². The second kappa shape index (κ2) is 6.63. The zero-order valence-electron chi connectivity index (χ0n) is 2.53. The predicted molar refractivity (Wildman–Crippen MR) is 18.1 cm³/mol. The minimum atomic E-state index is -1.63. The Balaban J connectivity index is 2.34. The molecule has 4 nitrogen and oxygen atoms in total. The summed E-state index contributed by atoms with van der Waals surface area (Å²) >= 11 is -3.26. The Hall–Kier alpha value is 1.63. The molecule has 0 aliphatic rings. The van der Waals surface area contributed by atoms with Crippen LogP contribution in [-0.2, 0) is 5.84 Å². The van der Waals surface area contributed by atoms with Crippen molar-refractivity contribution < 1.29 is 12.1 Å². The molecule has 0 saturated heterocycles. The van der Waals surface area contributed by atoms with E-state index in [1.165, 1.54) is 0 Å². The summed E-state index contributed by atoms with van der Waals surface area (Å²) < 4.78 is 23.9. The molecule has 0 aromatic heterocycles. The Morgan fingerprint density at radius 3 is 1.50 bits per heavy atom. The molecular weight excluding hydrogens is 482 g/mol. The molecule has 0 saturated carbocycles. The normalized spacial score (nSPS) is 9.00. The van der Waals surface area contributed by atoms with Gasteiger partial charge in [-0.2, -0.15) is 0 Å². The van der Waals surface area contributed by atoms with E-state index in [1.807, 2.05) is 0 Å². The van der Waals surface area contributed by atoms with Crippen molar-refractivity contribution in [1.82, 2.24) is 0 Å². The van der Waals surface area contributed by atoms with E-state index in [9.17, 15) is 0 Å². The van der Waals surface area contributed by atoms with Gasteiger partial charge in [0.15, 0.2) is 0 Å². The molecule has 0 aliphatic carbocycles. The summed E-state index contributed by atoms with van der Waals surface area (Å²) in [4.78, 5) is 0. The Labute approximate surface area is 60.5 Å². The van der Waals surface area contributed by atoms with Crippen molar-refractivity contribution in [2.75, 3.05) is 0 Å². The van der Waals surface area contributed by atoms with E-state index < -0.39 is 48.9 Å². The SMILES string of the molecule is [OH][Po][O][O][Po][OH]. The van der Waals surface area contributed by atoms with E-state index in [-0.39, 0.29) is 0 Å². The number of hydrogen-bond acceptors (Lipinski definition) is 4. The fraction of sp³-hybridized carbons (Fsp3) is 0. The van der Waals surface area contributed by atoms with Gasteiger partial charge < -0.3 is 0 Å². The standard InChI is InChI=1S/O2.2H2O.2Po/c1-2;;;;/h;2*1H2;;/q-2;;;2*+2/p-2. The number of hydrogen-bond donors (Lipinski definition) is 2. The predicted octanol–water partition coefficient (Wildman–Crippen LogP) is -2.01. The Bertz CT molecular complexity index is 17.5. The van der Waals surface area contributed by atoms with E-state index in [0.717, 1.165) is 0 Å². The molecule has 0 atom stereocenters. The van der Waals surface area contributed by atoms with Crippen molar-refractivity contribution >= 4 is 48.9 Å². The van der Waals surface area contributed by atoms with E-state index in [4.69, 9.17) is 6.28 Å². The van der Waals surface area contributed by atoms with Crippen LogP contribution in [0.3, 0.4) is 0 Å². The monoisotopic (exact) mass is 484 g/mol. The molecule has 0 unspecified atom stereocenters. The molecule has 2 N–H and O–H groups in total. The maximum atomic E-state index is 7.93. The van der Waals surface area contributed by atoms with Gasteiger partial charge in [-0.3, -0.25) is 0 Å². The summed E-state index contributed by atoms with van der Waals surface area (Å²) in [6, 6.07) is 0. The molecule has 0 radical (unpaired) electrons. The van der Waals surface area contributed by atoms with Gasteiger partial charge in [0, 0.05) is 0 Å². The van der Waals surface area contributed by atoms with Gasteiger partial charge in [0.2, 0.25) is 0 Å². The third-order valence-corrected chi connectivity index (χ3v) is 2.67. The van der Waals surface area contributed by atoms with Gasteiger partial charge in [-0.1, -0.05) is 0 Å². The summed E-state index contributed by atoms with van der Waals surface area (Å²) in [5, 5.41) is 0. The Morgan fingerprint density at radius 1 is 1.00 bits per heavy atom. The second-order valence-electron chi connectivity index (χ2n) is 0.285. The van der Waals surface area contributed by atoms with E-state index >= 15 is 0 Å². The van der Waals surface area contributed by atoms with Gasteiger partial charge in [-0.15, -0.1) is 0 Å². The summed E-state index contributed by atoms with van der Waals surface area (Å²) in [5.74, 6) is 0. The minimum absolute atomic E-state index is 1.63. The van der Waals surface area contributed by atoms with Gasteiger partial charge in [0.25, 0.3) is 0 Å². The van der Waals surface area contributed by atoms with E-state index in [1.54, 1.807) is 0 Å². The summed E-state index contributed by atoms with van der Waals surface area (Å²) in [5.41, 5.74) is 0. The molecule has 0 bridgehead atoms. The first kappa shape index (κ1) is 7.63. The van der Waals surface area contributed by atoms with Crippen molar-refractivity contribution in [3.8, 4) is 0 Å². The van der Waals surface area contributed by atoms with Crippen molar-refractivity contribution in [3.05, 3.63) is 0 Å². The van der Waals surface area contributed by atoms with Crippen LogP contribution in [0.1, 0.15) is 0 Å². The summed E-state index contributed by atoms with van der Waals surface area (Å²) in [6.45, 7) is 0. The molecule has 38 valence electrons. The average molecular weight is 484 g/mol. The molecule has 0 rings (SSSR count). The molecule has 0 aliphatic heterocycles. The van der Waals surface area contributed by atoms with E-state index in [2.05, 4.69) is 5.84 Å². The fourth-order valence-corrected chi connectivity index (χ4v) is 1.91. The summed E-state index contributed by atoms with van der Waals surface area (Å²) in [6.07, 6.45) is 0. The first-order valence-electron chi connectivity index (χ1n) is 0.865. The van der Waals surface area contributed by atoms with Crippen molar-refractivity contribution in [1.29, 1.82) is 0 Å². The van der Waals surface area contributed by atoms with Crippen LogP contribution in [0.4, 0.5) is 0 Å². The maximum absolute atomic E-state index is 7.93. The van der Waals surface area contributed by atoms with Crippen molar-refractivity contribution in [2.45, 2.75) is 0 Å². The molecule has 0 fully saturated rings. The second-order valence-corrected chi connectivity index (χ2v) is 2.50. The Morgan fingerprint density at radius 2 is 1.33 bits per heavy atom. The van der Waals surface area contributed by atoms with Crippen LogP contribution >= 0.6 is 0 Å². The van der Waals surface area contributed by atoms with Crippen LogP contribution in [0, 0.1) is 0 Å². The van der Waals surface area contributed by atoms with Crippen LogP contribution in [0.25, 0.3) is 0 Å². The van der Waals surface area contributed by atoms with Gasteiger partial charge in [-0.05, 0) is 0 Å². The molecule has 0 aromatic rings. The fourth-order valence-electron chi connectivity index (χ4n) is 0.0248. The molecular formula is H2O4Po2. The Kier molecular flexibility index (Phi) is 8.44.